The molecule has 0 radical (unpaired) electrons. The van der Waals surface area contributed by atoms with Gasteiger partial charge in [-0.2, -0.15) is 23.4 Å². The van der Waals surface area contributed by atoms with Gasteiger partial charge in [-0.05, 0) is 50.5 Å². The number of hydrogen-bond acceptors (Lipinski definition) is 5. The highest BCUT2D eigenvalue weighted by Gasteiger charge is 2.52. The minimum Gasteiger partial charge on any atom is -0.381 e. The van der Waals surface area contributed by atoms with E-state index in [0.717, 1.165) is 30.4 Å². The molecule has 3 aromatic rings. The SMILES string of the molecule is COC1CC(c2nn(CC(F)(F)F)c3cc(-c4[nH]ncc4NC(=O)N4C[C@H](C)CCC45CC5)ncc23)C1. The number of anilines is 1. The van der Waals surface area contributed by atoms with Crippen LogP contribution >= 0.6 is 0 Å². The van der Waals surface area contributed by atoms with Crippen LogP contribution in [-0.2, 0) is 11.3 Å². The summed E-state index contributed by atoms with van der Waals surface area (Å²) in [6.07, 6.45) is 4.32. The lowest BCUT2D eigenvalue weighted by Crippen LogP contribution is -2.50. The predicted octanol–water partition coefficient (Wildman–Crippen LogP) is 5.07. The number of aromatic nitrogens is 5. The lowest BCUT2D eigenvalue weighted by Gasteiger charge is -2.39. The lowest BCUT2D eigenvalue weighted by molar-refractivity contribution is -0.141. The molecule has 0 unspecified atom stereocenters. The Bertz CT molecular complexity index is 1320. The monoisotopic (exact) mass is 517 g/mol. The van der Waals surface area contributed by atoms with E-state index in [1.165, 1.54) is 6.20 Å². The zero-order valence-corrected chi connectivity index (χ0v) is 20.8. The van der Waals surface area contributed by atoms with Gasteiger partial charge >= 0.3 is 12.2 Å². The zero-order valence-electron chi connectivity index (χ0n) is 20.8. The Morgan fingerprint density at radius 1 is 1.27 bits per heavy atom. The highest BCUT2D eigenvalue weighted by atomic mass is 19.4. The van der Waals surface area contributed by atoms with Gasteiger partial charge in [-0.25, -0.2) is 4.79 Å². The first-order chi connectivity index (χ1) is 17.7. The molecule has 37 heavy (non-hydrogen) atoms. The van der Waals surface area contributed by atoms with Crippen molar-refractivity contribution in [2.75, 3.05) is 19.0 Å². The first-order valence-corrected chi connectivity index (χ1v) is 12.7. The number of piperidine rings is 1. The summed E-state index contributed by atoms with van der Waals surface area (Å²) in [5.74, 6) is 0.459. The van der Waals surface area contributed by atoms with Crippen LogP contribution < -0.4 is 5.32 Å². The molecule has 3 fully saturated rings. The summed E-state index contributed by atoms with van der Waals surface area (Å²) < 4.78 is 46.5. The molecule has 9 nitrogen and oxygen atoms in total. The largest absolute Gasteiger partial charge is 0.408 e. The van der Waals surface area contributed by atoms with Crippen LogP contribution in [0.15, 0.2) is 18.5 Å². The molecule has 1 spiro atoms. The predicted molar refractivity (Wildman–Crippen MR) is 130 cm³/mol. The molecule has 2 amide bonds. The number of aromatic amines is 1. The summed E-state index contributed by atoms with van der Waals surface area (Å²) in [7, 11) is 1.63. The second-order valence-corrected chi connectivity index (χ2v) is 10.8. The summed E-state index contributed by atoms with van der Waals surface area (Å²) in [6, 6.07) is 1.40. The number of methoxy groups -OCH3 is 1. The molecule has 6 rings (SSSR count). The molecule has 4 heterocycles. The summed E-state index contributed by atoms with van der Waals surface area (Å²) in [4.78, 5) is 19.7. The van der Waals surface area contributed by atoms with Gasteiger partial charge in [0.2, 0.25) is 0 Å². The van der Waals surface area contributed by atoms with Crippen LogP contribution in [0.2, 0.25) is 0 Å². The number of hydrogen-bond donors (Lipinski definition) is 2. The van der Waals surface area contributed by atoms with Gasteiger partial charge in [0.25, 0.3) is 0 Å². The summed E-state index contributed by atoms with van der Waals surface area (Å²) >= 11 is 0. The summed E-state index contributed by atoms with van der Waals surface area (Å²) in [5.41, 5.74) is 2.17. The number of H-pyrrole nitrogens is 1. The summed E-state index contributed by atoms with van der Waals surface area (Å²) in [5, 5.41) is 14.9. The quantitative estimate of drug-likeness (QED) is 0.492. The molecule has 12 heteroatoms. The van der Waals surface area contributed by atoms with Crippen molar-refractivity contribution in [3.8, 4) is 11.4 Å². The van der Waals surface area contributed by atoms with E-state index in [0.29, 0.717) is 59.0 Å². The number of likely N-dealkylation sites (tertiary alicyclic amines) is 1. The number of amides is 2. The number of alkyl halides is 3. The van der Waals surface area contributed by atoms with Gasteiger partial charge in [-0.15, -0.1) is 0 Å². The Hall–Kier alpha value is -3.15. The Morgan fingerprint density at radius 2 is 2.05 bits per heavy atom. The molecule has 3 aromatic heterocycles. The van der Waals surface area contributed by atoms with Crippen molar-refractivity contribution in [3.63, 3.8) is 0 Å². The van der Waals surface area contributed by atoms with Crippen molar-refractivity contribution in [1.29, 1.82) is 0 Å². The fourth-order valence-electron chi connectivity index (χ4n) is 5.77. The van der Waals surface area contributed by atoms with Crippen molar-refractivity contribution in [2.45, 2.75) is 75.7 Å². The van der Waals surface area contributed by atoms with Gasteiger partial charge < -0.3 is 15.0 Å². The van der Waals surface area contributed by atoms with Gasteiger partial charge in [-0.3, -0.25) is 14.8 Å². The number of nitrogens with zero attached hydrogens (tertiary/aromatic N) is 5. The molecule has 1 saturated heterocycles. The third kappa shape index (κ3) is 4.45. The smallest absolute Gasteiger partial charge is 0.381 e. The van der Waals surface area contributed by atoms with Crippen LogP contribution in [0.3, 0.4) is 0 Å². The summed E-state index contributed by atoms with van der Waals surface area (Å²) in [6.45, 7) is 1.65. The number of nitrogens with one attached hydrogen (secondary N) is 2. The van der Waals surface area contributed by atoms with Crippen LogP contribution in [0.25, 0.3) is 22.3 Å². The third-order valence-corrected chi connectivity index (χ3v) is 8.19. The number of carbonyl (C=O) groups excluding carboxylic acids is 1. The van der Waals surface area contributed by atoms with E-state index < -0.39 is 12.7 Å². The number of carbonyl (C=O) groups is 1. The molecule has 2 aliphatic carbocycles. The lowest BCUT2D eigenvalue weighted by atomic mass is 9.79. The van der Waals surface area contributed by atoms with E-state index in [4.69, 9.17) is 4.74 Å². The molecule has 3 aliphatic rings. The van der Waals surface area contributed by atoms with Crippen LogP contribution in [0.1, 0.15) is 57.1 Å². The fourth-order valence-corrected chi connectivity index (χ4v) is 5.77. The normalized spacial score (nSPS) is 24.9. The van der Waals surface area contributed by atoms with Gasteiger partial charge in [0, 0.05) is 36.7 Å². The number of halogens is 3. The van der Waals surface area contributed by atoms with Gasteiger partial charge in [0.15, 0.2) is 0 Å². The van der Waals surface area contributed by atoms with E-state index >= 15 is 0 Å². The maximum atomic E-state index is 13.4. The topological polar surface area (TPSA) is 101 Å². The van der Waals surface area contributed by atoms with Crippen molar-refractivity contribution >= 4 is 22.6 Å². The molecule has 1 atom stereocenters. The highest BCUT2D eigenvalue weighted by molar-refractivity contribution is 5.94. The van der Waals surface area contributed by atoms with E-state index in [9.17, 15) is 18.0 Å². The number of fused-ring (bicyclic) bond motifs is 1. The number of urea groups is 1. The van der Waals surface area contributed by atoms with E-state index in [1.807, 2.05) is 4.90 Å². The standard InChI is InChI=1S/C25H30F3N7O2/c1-14-3-4-24(5-6-24)34(12-14)23(36)31-19-11-30-32-22(19)18-9-20-17(10-29-18)21(15-7-16(8-15)37-2)33-35(20)13-25(26,27)28/h9-11,14-16H,3-8,12-13H2,1-2H3,(H,30,32)(H,31,36)/t14-,15?,16?/m1/s1. The first-order valence-electron chi connectivity index (χ1n) is 12.7. The number of pyridine rings is 1. The van der Waals surface area contributed by atoms with Gasteiger partial charge in [0.1, 0.15) is 12.2 Å². The fraction of sp³-hybridized carbons (Fsp3) is 0.600. The Kier molecular flexibility index (Phi) is 5.70. The second kappa shape index (κ2) is 8.71. The average Bonchev–Trinajstić information content (AvgIpc) is 3.30. The maximum Gasteiger partial charge on any atom is 0.408 e. The van der Waals surface area contributed by atoms with Gasteiger partial charge in [-0.1, -0.05) is 6.92 Å². The van der Waals surface area contributed by atoms with Crippen LogP contribution in [-0.4, -0.2) is 67.4 Å². The van der Waals surface area contributed by atoms with Crippen LogP contribution in [0, 0.1) is 5.92 Å². The molecule has 0 aromatic carbocycles. The van der Waals surface area contributed by atoms with Gasteiger partial charge in [0.05, 0.1) is 34.9 Å². The molecule has 0 bridgehead atoms. The molecule has 198 valence electrons. The minimum absolute atomic E-state index is 0.0262. The molecular weight excluding hydrogens is 487 g/mol. The van der Waals surface area contributed by atoms with E-state index in [1.54, 1.807) is 19.4 Å². The Morgan fingerprint density at radius 3 is 2.76 bits per heavy atom. The molecule has 2 saturated carbocycles. The molecule has 2 N–H and O–H groups in total. The molecule has 1 aliphatic heterocycles. The van der Waals surface area contributed by atoms with Crippen molar-refractivity contribution < 1.29 is 22.7 Å². The first kappa shape index (κ1) is 24.2. The maximum absolute atomic E-state index is 13.4. The van der Waals surface area contributed by atoms with E-state index in [-0.39, 0.29) is 23.6 Å². The number of ether oxygens (including phenoxy) is 1. The zero-order chi connectivity index (χ0) is 25.9. The molecular formula is C25H30F3N7O2. The van der Waals surface area contributed by atoms with Crippen molar-refractivity contribution in [2.24, 2.45) is 5.92 Å². The minimum atomic E-state index is -4.42. The van der Waals surface area contributed by atoms with Crippen LogP contribution in [0.5, 0.6) is 0 Å². The second-order valence-electron chi connectivity index (χ2n) is 10.8. The number of rotatable bonds is 5. The van der Waals surface area contributed by atoms with Crippen molar-refractivity contribution in [3.05, 3.63) is 24.2 Å². The highest BCUT2D eigenvalue weighted by Crippen LogP contribution is 2.49. The Balaban J connectivity index is 1.30. The van der Waals surface area contributed by atoms with Crippen LogP contribution in [0.4, 0.5) is 23.7 Å². The van der Waals surface area contributed by atoms with E-state index in [2.05, 4.69) is 32.5 Å². The van der Waals surface area contributed by atoms with Crippen molar-refractivity contribution in [1.82, 2.24) is 29.9 Å². The third-order valence-electron chi connectivity index (χ3n) is 8.19. The Labute approximate surface area is 211 Å². The average molecular weight is 518 g/mol.